The number of nitrogens with one attached hydrogen (secondary N) is 1. The SMILES string of the molecule is CCOc1ccc2nc(C)cc(Nc3ccc(S(=O)(=O)N4CCCC4)cc3)c2c1. The number of hydrogen-bond donors (Lipinski definition) is 1. The predicted molar refractivity (Wildman–Crippen MR) is 115 cm³/mol. The summed E-state index contributed by atoms with van der Waals surface area (Å²) in [6.45, 7) is 5.71. The summed E-state index contributed by atoms with van der Waals surface area (Å²) in [5, 5.41) is 4.36. The van der Waals surface area contributed by atoms with Gasteiger partial charge in [0.1, 0.15) is 5.75 Å². The summed E-state index contributed by atoms with van der Waals surface area (Å²) in [4.78, 5) is 4.92. The Bertz CT molecular complexity index is 1120. The molecule has 1 aliphatic rings. The van der Waals surface area contributed by atoms with Gasteiger partial charge in [0.15, 0.2) is 0 Å². The van der Waals surface area contributed by atoms with E-state index >= 15 is 0 Å². The number of rotatable bonds is 6. The fourth-order valence-corrected chi connectivity index (χ4v) is 5.16. The molecule has 1 aliphatic heterocycles. The zero-order valence-corrected chi connectivity index (χ0v) is 17.5. The number of ether oxygens (including phenoxy) is 1. The van der Waals surface area contributed by atoms with E-state index in [1.807, 2.05) is 38.1 Å². The topological polar surface area (TPSA) is 71.5 Å². The standard InChI is InChI=1S/C22H25N3O3S/c1-3-28-18-8-11-21-20(15-18)22(14-16(2)23-21)24-17-6-9-19(10-7-17)29(26,27)25-12-4-5-13-25/h6-11,14-15H,3-5,12-13H2,1-2H3,(H,23,24). The van der Waals surface area contributed by atoms with Crippen molar-refractivity contribution in [2.45, 2.75) is 31.6 Å². The van der Waals surface area contributed by atoms with E-state index in [0.717, 1.165) is 46.6 Å². The van der Waals surface area contributed by atoms with Crippen molar-refractivity contribution in [3.63, 3.8) is 0 Å². The van der Waals surface area contributed by atoms with Gasteiger partial charge in [-0.2, -0.15) is 4.31 Å². The van der Waals surface area contributed by atoms with Crippen molar-refractivity contribution in [2.75, 3.05) is 25.0 Å². The lowest BCUT2D eigenvalue weighted by atomic mass is 10.1. The van der Waals surface area contributed by atoms with Crippen LogP contribution in [0, 0.1) is 6.92 Å². The number of aromatic nitrogens is 1. The summed E-state index contributed by atoms with van der Waals surface area (Å²) in [6.07, 6.45) is 1.86. The Hall–Kier alpha value is -2.64. The molecule has 0 radical (unpaired) electrons. The Morgan fingerprint density at radius 2 is 1.79 bits per heavy atom. The average Bonchev–Trinajstić information content (AvgIpc) is 3.25. The maximum atomic E-state index is 12.7. The smallest absolute Gasteiger partial charge is 0.243 e. The molecule has 2 aromatic carbocycles. The highest BCUT2D eigenvalue weighted by Crippen LogP contribution is 2.30. The van der Waals surface area contributed by atoms with Gasteiger partial charge in [0, 0.05) is 35.5 Å². The van der Waals surface area contributed by atoms with Gasteiger partial charge < -0.3 is 10.1 Å². The minimum absolute atomic E-state index is 0.333. The average molecular weight is 412 g/mol. The molecule has 4 rings (SSSR count). The van der Waals surface area contributed by atoms with Crippen molar-refractivity contribution in [3.05, 3.63) is 54.2 Å². The van der Waals surface area contributed by atoms with Gasteiger partial charge in [0.25, 0.3) is 0 Å². The number of sulfonamides is 1. The molecule has 1 N–H and O–H groups in total. The molecular formula is C22H25N3O3S. The molecule has 152 valence electrons. The second kappa shape index (κ2) is 8.00. The van der Waals surface area contributed by atoms with Gasteiger partial charge in [0.2, 0.25) is 10.0 Å². The van der Waals surface area contributed by atoms with E-state index in [4.69, 9.17) is 4.74 Å². The maximum absolute atomic E-state index is 12.7. The van der Waals surface area contributed by atoms with E-state index < -0.39 is 10.0 Å². The molecule has 0 atom stereocenters. The van der Waals surface area contributed by atoms with Gasteiger partial charge in [-0.3, -0.25) is 4.98 Å². The first-order chi connectivity index (χ1) is 14.0. The first kappa shape index (κ1) is 19.7. The Morgan fingerprint density at radius 1 is 1.07 bits per heavy atom. The largest absolute Gasteiger partial charge is 0.494 e. The highest BCUT2D eigenvalue weighted by atomic mass is 32.2. The molecule has 1 saturated heterocycles. The third-order valence-electron chi connectivity index (χ3n) is 5.06. The van der Waals surface area contributed by atoms with Crippen molar-refractivity contribution in [1.82, 2.24) is 9.29 Å². The minimum atomic E-state index is -3.40. The fourth-order valence-electron chi connectivity index (χ4n) is 3.64. The summed E-state index contributed by atoms with van der Waals surface area (Å²) >= 11 is 0. The van der Waals surface area contributed by atoms with Crippen LogP contribution in [0.15, 0.2) is 53.4 Å². The summed E-state index contributed by atoms with van der Waals surface area (Å²) in [6, 6.07) is 14.8. The van der Waals surface area contributed by atoms with Gasteiger partial charge in [-0.05, 0) is 75.2 Å². The molecule has 6 nitrogen and oxygen atoms in total. The van der Waals surface area contributed by atoms with Gasteiger partial charge >= 0.3 is 0 Å². The number of benzene rings is 2. The van der Waals surface area contributed by atoms with E-state index in [2.05, 4.69) is 10.3 Å². The minimum Gasteiger partial charge on any atom is -0.494 e. The molecule has 0 saturated carbocycles. The van der Waals surface area contributed by atoms with Crippen LogP contribution in [0.3, 0.4) is 0 Å². The summed E-state index contributed by atoms with van der Waals surface area (Å²) < 4.78 is 32.6. The molecule has 7 heteroatoms. The van der Waals surface area contributed by atoms with Crippen LogP contribution in [0.25, 0.3) is 10.9 Å². The highest BCUT2D eigenvalue weighted by molar-refractivity contribution is 7.89. The molecule has 1 aromatic heterocycles. The van der Waals surface area contributed by atoms with Crippen molar-refractivity contribution >= 4 is 32.3 Å². The number of nitrogens with zero attached hydrogens (tertiary/aromatic N) is 2. The Kier molecular flexibility index (Phi) is 5.43. The van der Waals surface area contributed by atoms with Crippen LogP contribution in [-0.2, 0) is 10.0 Å². The van der Waals surface area contributed by atoms with E-state index in [9.17, 15) is 8.42 Å². The Morgan fingerprint density at radius 3 is 2.48 bits per heavy atom. The third-order valence-corrected chi connectivity index (χ3v) is 6.97. The van der Waals surface area contributed by atoms with Crippen molar-refractivity contribution < 1.29 is 13.2 Å². The molecule has 0 aliphatic carbocycles. The second-order valence-corrected chi connectivity index (χ2v) is 9.12. The molecule has 1 fully saturated rings. The molecule has 29 heavy (non-hydrogen) atoms. The van der Waals surface area contributed by atoms with Crippen LogP contribution in [0.2, 0.25) is 0 Å². The quantitative estimate of drug-likeness (QED) is 0.648. The molecular weight excluding hydrogens is 386 g/mol. The van der Waals surface area contributed by atoms with E-state index in [1.165, 1.54) is 0 Å². The second-order valence-electron chi connectivity index (χ2n) is 7.18. The number of pyridine rings is 1. The Balaban J connectivity index is 1.63. The normalized spacial score (nSPS) is 15.0. The number of fused-ring (bicyclic) bond motifs is 1. The zero-order valence-electron chi connectivity index (χ0n) is 16.7. The van der Waals surface area contributed by atoms with Crippen LogP contribution < -0.4 is 10.1 Å². The van der Waals surface area contributed by atoms with Gasteiger partial charge in [-0.25, -0.2) is 8.42 Å². The van der Waals surface area contributed by atoms with E-state index in [-0.39, 0.29) is 0 Å². The summed E-state index contributed by atoms with van der Waals surface area (Å²) in [5.74, 6) is 0.792. The highest BCUT2D eigenvalue weighted by Gasteiger charge is 2.26. The lowest BCUT2D eigenvalue weighted by molar-refractivity contribution is 0.340. The van der Waals surface area contributed by atoms with Crippen LogP contribution in [-0.4, -0.2) is 37.4 Å². The predicted octanol–water partition coefficient (Wildman–Crippen LogP) is 4.47. The van der Waals surface area contributed by atoms with Gasteiger partial charge in [0.05, 0.1) is 17.0 Å². The Labute approximate surface area is 171 Å². The van der Waals surface area contributed by atoms with Crippen LogP contribution >= 0.6 is 0 Å². The monoisotopic (exact) mass is 411 g/mol. The molecule has 2 heterocycles. The number of aryl methyl sites for hydroxylation is 1. The van der Waals surface area contributed by atoms with Crippen LogP contribution in [0.1, 0.15) is 25.5 Å². The van der Waals surface area contributed by atoms with E-state index in [0.29, 0.717) is 24.6 Å². The van der Waals surface area contributed by atoms with E-state index in [1.54, 1.807) is 28.6 Å². The zero-order chi connectivity index (χ0) is 20.4. The van der Waals surface area contributed by atoms with Crippen LogP contribution in [0.5, 0.6) is 5.75 Å². The molecule has 0 spiro atoms. The molecule has 3 aromatic rings. The fraction of sp³-hybridized carbons (Fsp3) is 0.318. The van der Waals surface area contributed by atoms with Crippen LogP contribution in [0.4, 0.5) is 11.4 Å². The maximum Gasteiger partial charge on any atom is 0.243 e. The van der Waals surface area contributed by atoms with Crippen molar-refractivity contribution in [1.29, 1.82) is 0 Å². The summed E-state index contributed by atoms with van der Waals surface area (Å²) in [5.41, 5.74) is 3.50. The third kappa shape index (κ3) is 4.06. The molecule has 0 bridgehead atoms. The van der Waals surface area contributed by atoms with Gasteiger partial charge in [-0.1, -0.05) is 0 Å². The molecule has 0 amide bonds. The lowest BCUT2D eigenvalue weighted by Gasteiger charge is -2.16. The van der Waals surface area contributed by atoms with Crippen molar-refractivity contribution in [3.8, 4) is 5.75 Å². The van der Waals surface area contributed by atoms with Gasteiger partial charge in [-0.15, -0.1) is 0 Å². The number of hydrogen-bond acceptors (Lipinski definition) is 5. The summed E-state index contributed by atoms with van der Waals surface area (Å²) in [7, 11) is -3.40. The molecule has 0 unspecified atom stereocenters. The first-order valence-corrected chi connectivity index (χ1v) is 11.3. The lowest BCUT2D eigenvalue weighted by Crippen LogP contribution is -2.27. The number of anilines is 2. The first-order valence-electron chi connectivity index (χ1n) is 9.89. The van der Waals surface area contributed by atoms with Crippen molar-refractivity contribution in [2.24, 2.45) is 0 Å².